The van der Waals surface area contributed by atoms with E-state index in [0.717, 1.165) is 34.0 Å². The second kappa shape index (κ2) is 7.57. The summed E-state index contributed by atoms with van der Waals surface area (Å²) in [7, 11) is 0. The van der Waals surface area contributed by atoms with Gasteiger partial charge in [-0.25, -0.2) is 9.67 Å². The van der Waals surface area contributed by atoms with Crippen molar-refractivity contribution in [2.75, 3.05) is 5.32 Å². The maximum atomic E-state index is 13.1. The second-order valence-corrected chi connectivity index (χ2v) is 7.44. The summed E-state index contributed by atoms with van der Waals surface area (Å²) in [6, 6.07) is 25.1. The third-order valence-corrected chi connectivity index (χ3v) is 5.19. The molecule has 0 atom stereocenters. The molecule has 6 nitrogen and oxygen atoms in total. The molecule has 0 aliphatic rings. The lowest BCUT2D eigenvalue weighted by Gasteiger charge is -2.09. The number of benzene rings is 2. The predicted octanol–water partition coefficient (Wildman–Crippen LogP) is 5.06. The molecule has 5 aromatic rings. The number of nitrogens with one attached hydrogen (secondary N) is 1. The van der Waals surface area contributed by atoms with Gasteiger partial charge in [0.1, 0.15) is 17.2 Å². The number of hydrogen-bond acceptors (Lipinski definition) is 3. The summed E-state index contributed by atoms with van der Waals surface area (Å²) in [4.78, 5) is 17.8. The Bertz CT molecular complexity index is 1380. The molecule has 0 saturated heterocycles. The average Bonchev–Trinajstić information content (AvgIpc) is 3.33. The van der Waals surface area contributed by atoms with Crippen LogP contribution in [-0.4, -0.2) is 25.1 Å². The predicted molar refractivity (Wildman–Crippen MR) is 122 cm³/mol. The van der Waals surface area contributed by atoms with Crippen LogP contribution in [0.4, 0.5) is 5.82 Å². The van der Waals surface area contributed by atoms with Crippen LogP contribution in [0.1, 0.15) is 21.7 Å². The fourth-order valence-electron chi connectivity index (χ4n) is 3.74. The van der Waals surface area contributed by atoms with Gasteiger partial charge in [0.25, 0.3) is 5.91 Å². The molecule has 0 aliphatic heterocycles. The zero-order valence-electron chi connectivity index (χ0n) is 17.3. The Kier molecular flexibility index (Phi) is 4.59. The number of carbonyl (C=O) groups is 1. The van der Waals surface area contributed by atoms with Crippen molar-refractivity contribution < 1.29 is 4.79 Å². The van der Waals surface area contributed by atoms with Gasteiger partial charge in [0.05, 0.1) is 11.4 Å². The van der Waals surface area contributed by atoms with Crippen molar-refractivity contribution in [3.8, 4) is 16.9 Å². The molecule has 0 unspecified atom stereocenters. The molecular weight excluding hydrogens is 386 g/mol. The smallest absolute Gasteiger partial charge is 0.256 e. The SMILES string of the molecule is Cc1cc(C)n(-c2ccc(C(=O)Nc3c(-c4ccccc4)nc4ccccn34)cc2)n1. The van der Waals surface area contributed by atoms with E-state index in [1.54, 1.807) is 0 Å². The Hall–Kier alpha value is -4.19. The number of imidazole rings is 1. The number of fused-ring (bicyclic) bond motifs is 1. The van der Waals surface area contributed by atoms with Crippen molar-refractivity contribution in [2.45, 2.75) is 13.8 Å². The Labute approximate surface area is 179 Å². The molecule has 31 heavy (non-hydrogen) atoms. The van der Waals surface area contributed by atoms with Gasteiger partial charge in [-0.1, -0.05) is 36.4 Å². The van der Waals surface area contributed by atoms with Crippen LogP contribution in [0.5, 0.6) is 0 Å². The summed E-state index contributed by atoms with van der Waals surface area (Å²) < 4.78 is 3.76. The van der Waals surface area contributed by atoms with Gasteiger partial charge in [-0.3, -0.25) is 9.20 Å². The highest BCUT2D eigenvalue weighted by atomic mass is 16.1. The molecule has 0 radical (unpaired) electrons. The van der Waals surface area contributed by atoms with Crippen LogP contribution in [0, 0.1) is 13.8 Å². The molecule has 3 aromatic heterocycles. The highest BCUT2D eigenvalue weighted by molar-refractivity contribution is 6.05. The maximum absolute atomic E-state index is 13.1. The van der Waals surface area contributed by atoms with Gasteiger partial charge in [0, 0.05) is 23.0 Å². The number of hydrogen-bond donors (Lipinski definition) is 1. The van der Waals surface area contributed by atoms with Crippen molar-refractivity contribution >= 4 is 17.4 Å². The van der Waals surface area contributed by atoms with E-state index in [2.05, 4.69) is 10.4 Å². The monoisotopic (exact) mass is 407 g/mol. The normalized spacial score (nSPS) is 11.0. The molecular formula is C25H21N5O. The third-order valence-electron chi connectivity index (χ3n) is 5.19. The van der Waals surface area contributed by atoms with Crippen LogP contribution >= 0.6 is 0 Å². The quantitative estimate of drug-likeness (QED) is 0.453. The summed E-state index contributed by atoms with van der Waals surface area (Å²) in [5.41, 5.74) is 5.95. The minimum atomic E-state index is -0.192. The average molecular weight is 407 g/mol. The van der Waals surface area contributed by atoms with E-state index in [4.69, 9.17) is 4.98 Å². The molecule has 1 N–H and O–H groups in total. The summed E-state index contributed by atoms with van der Waals surface area (Å²) in [6.45, 7) is 3.97. The van der Waals surface area contributed by atoms with Crippen LogP contribution in [0.15, 0.2) is 85.1 Å². The van der Waals surface area contributed by atoms with E-state index in [-0.39, 0.29) is 5.91 Å². The summed E-state index contributed by atoms with van der Waals surface area (Å²) in [6.07, 6.45) is 1.90. The van der Waals surface area contributed by atoms with Crippen LogP contribution in [0.3, 0.4) is 0 Å². The van der Waals surface area contributed by atoms with E-state index < -0.39 is 0 Å². The van der Waals surface area contributed by atoms with Gasteiger partial charge in [-0.15, -0.1) is 0 Å². The lowest BCUT2D eigenvalue weighted by atomic mass is 10.1. The first-order valence-electron chi connectivity index (χ1n) is 10.1. The zero-order chi connectivity index (χ0) is 21.4. The van der Waals surface area contributed by atoms with Crippen LogP contribution in [0.2, 0.25) is 0 Å². The molecule has 0 bridgehead atoms. The van der Waals surface area contributed by atoms with Crippen molar-refractivity contribution in [1.29, 1.82) is 0 Å². The molecule has 0 spiro atoms. The molecule has 0 fully saturated rings. The second-order valence-electron chi connectivity index (χ2n) is 7.44. The molecule has 152 valence electrons. The number of anilines is 1. The Balaban J connectivity index is 1.49. The summed E-state index contributed by atoms with van der Waals surface area (Å²) in [5.74, 6) is 0.456. The lowest BCUT2D eigenvalue weighted by Crippen LogP contribution is -2.14. The van der Waals surface area contributed by atoms with Gasteiger partial charge >= 0.3 is 0 Å². The molecule has 1 amide bonds. The maximum Gasteiger partial charge on any atom is 0.256 e. The summed E-state index contributed by atoms with van der Waals surface area (Å²) >= 11 is 0. The third kappa shape index (κ3) is 3.48. The molecule has 6 heteroatoms. The first-order chi connectivity index (χ1) is 15.1. The zero-order valence-corrected chi connectivity index (χ0v) is 17.3. The Morgan fingerprint density at radius 3 is 2.35 bits per heavy atom. The van der Waals surface area contributed by atoms with Crippen molar-refractivity contribution in [2.24, 2.45) is 0 Å². The van der Waals surface area contributed by atoms with E-state index in [9.17, 15) is 4.79 Å². The fraction of sp³-hybridized carbons (Fsp3) is 0.0800. The van der Waals surface area contributed by atoms with E-state index in [1.165, 1.54) is 0 Å². The van der Waals surface area contributed by atoms with Crippen molar-refractivity contribution in [3.05, 3.63) is 102 Å². The highest BCUT2D eigenvalue weighted by Gasteiger charge is 2.17. The Morgan fingerprint density at radius 1 is 0.903 bits per heavy atom. The van der Waals surface area contributed by atoms with Gasteiger partial charge < -0.3 is 5.32 Å². The number of aryl methyl sites for hydroxylation is 2. The van der Waals surface area contributed by atoms with Gasteiger partial charge in [-0.2, -0.15) is 5.10 Å². The highest BCUT2D eigenvalue weighted by Crippen LogP contribution is 2.29. The summed E-state index contributed by atoms with van der Waals surface area (Å²) in [5, 5.41) is 7.56. The van der Waals surface area contributed by atoms with E-state index in [1.807, 2.05) is 108 Å². The van der Waals surface area contributed by atoms with Gasteiger partial charge in [0.15, 0.2) is 0 Å². The first-order valence-corrected chi connectivity index (χ1v) is 10.1. The van der Waals surface area contributed by atoms with E-state index >= 15 is 0 Å². The van der Waals surface area contributed by atoms with Gasteiger partial charge in [-0.05, 0) is 56.3 Å². The van der Waals surface area contributed by atoms with E-state index in [0.29, 0.717) is 11.4 Å². The van der Waals surface area contributed by atoms with Crippen molar-refractivity contribution in [3.63, 3.8) is 0 Å². The first kappa shape index (κ1) is 18.8. The number of nitrogens with zero attached hydrogens (tertiary/aromatic N) is 4. The fourth-order valence-corrected chi connectivity index (χ4v) is 3.74. The molecule has 2 aromatic carbocycles. The molecule has 0 aliphatic carbocycles. The topological polar surface area (TPSA) is 64.2 Å². The van der Waals surface area contributed by atoms with Crippen LogP contribution < -0.4 is 5.32 Å². The molecule has 3 heterocycles. The number of amides is 1. The Morgan fingerprint density at radius 2 is 1.65 bits per heavy atom. The van der Waals surface area contributed by atoms with Crippen LogP contribution in [-0.2, 0) is 0 Å². The van der Waals surface area contributed by atoms with Crippen LogP contribution in [0.25, 0.3) is 22.6 Å². The molecule has 0 saturated carbocycles. The number of rotatable bonds is 4. The minimum absolute atomic E-state index is 0.192. The largest absolute Gasteiger partial charge is 0.306 e. The number of carbonyl (C=O) groups excluding carboxylic acids is 1. The van der Waals surface area contributed by atoms with Gasteiger partial charge in [0.2, 0.25) is 0 Å². The standard InChI is InChI=1S/C25H21N5O/c1-17-16-18(2)30(28-17)21-13-11-20(12-14-21)25(31)27-24-23(19-8-4-3-5-9-19)26-22-10-6-7-15-29(22)24/h3-16H,1-2H3,(H,27,31). The number of aromatic nitrogens is 4. The molecule has 5 rings (SSSR count). The number of pyridine rings is 1. The lowest BCUT2D eigenvalue weighted by molar-refractivity contribution is 0.102. The minimum Gasteiger partial charge on any atom is -0.306 e. The van der Waals surface area contributed by atoms with Crippen molar-refractivity contribution in [1.82, 2.24) is 19.2 Å².